The van der Waals surface area contributed by atoms with Gasteiger partial charge in [-0.25, -0.2) is 0 Å². The van der Waals surface area contributed by atoms with Crippen molar-refractivity contribution in [3.05, 3.63) is 29.8 Å². The molecule has 3 rings (SSSR count). The van der Waals surface area contributed by atoms with Gasteiger partial charge in [0.25, 0.3) is 0 Å². The van der Waals surface area contributed by atoms with Gasteiger partial charge in [0.05, 0.1) is 7.11 Å². The summed E-state index contributed by atoms with van der Waals surface area (Å²) in [7, 11) is 1.62. The Labute approximate surface area is 149 Å². The highest BCUT2D eigenvalue weighted by molar-refractivity contribution is 5.98. The zero-order valence-electron chi connectivity index (χ0n) is 15.0. The molecule has 1 amide bonds. The molecule has 0 bridgehead atoms. The lowest BCUT2D eigenvalue weighted by Gasteiger charge is -2.31. The van der Waals surface area contributed by atoms with E-state index in [1.807, 2.05) is 29.2 Å². The smallest absolute Gasteiger partial charge is 0.222 e. The molecule has 0 radical (unpaired) electrons. The van der Waals surface area contributed by atoms with Gasteiger partial charge in [-0.05, 0) is 69.0 Å². The van der Waals surface area contributed by atoms with Gasteiger partial charge in [0.2, 0.25) is 5.91 Å². The van der Waals surface area contributed by atoms with E-state index in [9.17, 15) is 9.59 Å². The summed E-state index contributed by atoms with van der Waals surface area (Å²) in [5.74, 6) is 1.87. The molecule has 5 nitrogen and oxygen atoms in total. The second-order valence-corrected chi connectivity index (χ2v) is 7.15. The molecule has 1 atom stereocenters. The lowest BCUT2D eigenvalue weighted by atomic mass is 9.88. The van der Waals surface area contributed by atoms with E-state index in [2.05, 4.69) is 5.32 Å². The maximum absolute atomic E-state index is 12.6. The van der Waals surface area contributed by atoms with Crippen molar-refractivity contribution in [1.82, 2.24) is 10.2 Å². The number of rotatable bonds is 6. The van der Waals surface area contributed by atoms with E-state index in [1.165, 1.54) is 6.42 Å². The number of piperidine rings is 1. The summed E-state index contributed by atoms with van der Waals surface area (Å²) in [6.45, 7) is 3.53. The van der Waals surface area contributed by atoms with Gasteiger partial charge in [0.15, 0.2) is 5.78 Å². The van der Waals surface area contributed by atoms with Crippen molar-refractivity contribution < 1.29 is 14.3 Å². The minimum Gasteiger partial charge on any atom is -0.497 e. The number of benzene rings is 1. The molecule has 0 saturated carbocycles. The summed E-state index contributed by atoms with van der Waals surface area (Å²) in [6, 6.07) is 7.30. The quantitative estimate of drug-likeness (QED) is 0.806. The van der Waals surface area contributed by atoms with E-state index < -0.39 is 0 Å². The number of nitrogens with zero attached hydrogens (tertiary/aromatic N) is 1. The molecule has 2 fully saturated rings. The number of hydrogen-bond acceptors (Lipinski definition) is 4. The topological polar surface area (TPSA) is 58.6 Å². The van der Waals surface area contributed by atoms with Gasteiger partial charge in [0.1, 0.15) is 5.75 Å². The lowest BCUT2D eigenvalue weighted by molar-refractivity contribution is -0.132. The van der Waals surface area contributed by atoms with E-state index in [-0.39, 0.29) is 17.6 Å². The monoisotopic (exact) mass is 344 g/mol. The largest absolute Gasteiger partial charge is 0.497 e. The highest BCUT2D eigenvalue weighted by Gasteiger charge is 2.28. The number of hydrogen-bond donors (Lipinski definition) is 1. The second kappa shape index (κ2) is 8.48. The van der Waals surface area contributed by atoms with Crippen LogP contribution in [0.2, 0.25) is 0 Å². The first-order valence-electron chi connectivity index (χ1n) is 9.34. The highest BCUT2D eigenvalue weighted by Crippen LogP contribution is 2.24. The van der Waals surface area contributed by atoms with Crippen LogP contribution in [0.5, 0.6) is 5.75 Å². The summed E-state index contributed by atoms with van der Waals surface area (Å²) in [5, 5.41) is 3.35. The molecule has 1 N–H and O–H groups in total. The molecule has 1 aromatic carbocycles. The molecule has 1 aromatic rings. The third-order valence-electron chi connectivity index (χ3n) is 5.52. The minimum absolute atomic E-state index is 0.0245. The predicted molar refractivity (Wildman–Crippen MR) is 96.8 cm³/mol. The Morgan fingerprint density at radius 2 is 1.88 bits per heavy atom. The first-order valence-corrected chi connectivity index (χ1v) is 9.34. The van der Waals surface area contributed by atoms with Gasteiger partial charge >= 0.3 is 0 Å². The molecule has 2 heterocycles. The Morgan fingerprint density at radius 1 is 1.16 bits per heavy atom. The van der Waals surface area contributed by atoms with Crippen LogP contribution in [0.15, 0.2) is 24.3 Å². The first kappa shape index (κ1) is 17.9. The normalized spacial score (nSPS) is 21.3. The van der Waals surface area contributed by atoms with Gasteiger partial charge in [-0.1, -0.05) is 0 Å². The number of nitrogens with one attached hydrogen (secondary N) is 1. The fourth-order valence-electron chi connectivity index (χ4n) is 3.83. The van der Waals surface area contributed by atoms with Gasteiger partial charge in [0, 0.05) is 31.0 Å². The number of methoxy groups -OCH3 is 1. The number of ether oxygens (including phenoxy) is 1. The molecule has 136 valence electrons. The molecule has 0 aromatic heterocycles. The van der Waals surface area contributed by atoms with E-state index in [1.54, 1.807) is 7.11 Å². The van der Waals surface area contributed by atoms with Crippen molar-refractivity contribution in [2.75, 3.05) is 33.3 Å². The van der Waals surface area contributed by atoms with E-state index in [0.29, 0.717) is 25.4 Å². The van der Waals surface area contributed by atoms with Gasteiger partial charge in [-0.2, -0.15) is 0 Å². The molecule has 25 heavy (non-hydrogen) atoms. The Morgan fingerprint density at radius 3 is 2.48 bits per heavy atom. The molecule has 0 spiro atoms. The first-order chi connectivity index (χ1) is 12.2. The average Bonchev–Trinajstić information content (AvgIpc) is 3.19. The Balaban J connectivity index is 1.45. The van der Waals surface area contributed by atoms with Crippen molar-refractivity contribution >= 4 is 11.7 Å². The molecule has 2 aliphatic rings. The van der Waals surface area contributed by atoms with Crippen LogP contribution in [0.3, 0.4) is 0 Å². The fraction of sp³-hybridized carbons (Fsp3) is 0.600. The number of carbonyl (C=O) groups excluding carboxylic acids is 2. The van der Waals surface area contributed by atoms with Gasteiger partial charge in [-0.3, -0.25) is 9.59 Å². The van der Waals surface area contributed by atoms with E-state index in [0.717, 1.165) is 43.7 Å². The molecular weight excluding hydrogens is 316 g/mol. The molecule has 2 aliphatic heterocycles. The second-order valence-electron chi connectivity index (χ2n) is 7.15. The van der Waals surface area contributed by atoms with Crippen LogP contribution >= 0.6 is 0 Å². The van der Waals surface area contributed by atoms with Crippen LogP contribution in [-0.2, 0) is 4.79 Å². The highest BCUT2D eigenvalue weighted by atomic mass is 16.5. The average molecular weight is 344 g/mol. The third kappa shape index (κ3) is 4.60. The molecule has 0 aliphatic carbocycles. The fourth-order valence-corrected chi connectivity index (χ4v) is 3.83. The van der Waals surface area contributed by atoms with E-state index in [4.69, 9.17) is 4.74 Å². The number of ketones is 1. The Hall–Kier alpha value is -1.88. The van der Waals surface area contributed by atoms with Crippen LogP contribution in [-0.4, -0.2) is 49.9 Å². The van der Waals surface area contributed by atoms with Crippen LogP contribution < -0.4 is 10.1 Å². The summed E-state index contributed by atoms with van der Waals surface area (Å²) in [5.41, 5.74) is 0.735. The molecular formula is C20H28N2O3. The Kier molecular flexibility index (Phi) is 6.08. The lowest BCUT2D eigenvalue weighted by Crippen LogP contribution is -2.40. The zero-order chi connectivity index (χ0) is 17.6. The van der Waals surface area contributed by atoms with Crippen molar-refractivity contribution in [2.45, 2.75) is 32.1 Å². The minimum atomic E-state index is 0.0245. The summed E-state index contributed by atoms with van der Waals surface area (Å²) in [4.78, 5) is 26.9. The molecule has 1 unspecified atom stereocenters. The molecule has 5 heteroatoms. The van der Waals surface area contributed by atoms with Crippen molar-refractivity contribution in [2.24, 2.45) is 11.8 Å². The SMILES string of the molecule is COc1ccc(C(=O)C2CCN(C(=O)CCC3CCNC3)CC2)cc1. The van der Waals surface area contributed by atoms with Gasteiger partial charge in [-0.15, -0.1) is 0 Å². The maximum atomic E-state index is 12.6. The number of amides is 1. The standard InChI is InChI=1S/C20H28N2O3/c1-25-18-5-3-16(4-6-18)20(24)17-9-12-22(13-10-17)19(23)7-2-15-8-11-21-14-15/h3-6,15,17,21H,2,7-14H2,1H3. The van der Waals surface area contributed by atoms with Crippen LogP contribution in [0.25, 0.3) is 0 Å². The van der Waals surface area contributed by atoms with Crippen LogP contribution in [0.1, 0.15) is 42.5 Å². The predicted octanol–water partition coefficient (Wildman–Crippen LogP) is 2.51. The van der Waals surface area contributed by atoms with Crippen molar-refractivity contribution in [3.63, 3.8) is 0 Å². The number of likely N-dealkylation sites (tertiary alicyclic amines) is 1. The van der Waals surface area contributed by atoms with Gasteiger partial charge < -0.3 is 15.0 Å². The summed E-state index contributed by atoms with van der Waals surface area (Å²) < 4.78 is 5.14. The summed E-state index contributed by atoms with van der Waals surface area (Å²) >= 11 is 0. The summed E-state index contributed by atoms with van der Waals surface area (Å²) in [6.07, 6.45) is 4.34. The maximum Gasteiger partial charge on any atom is 0.222 e. The van der Waals surface area contributed by atoms with Crippen LogP contribution in [0, 0.1) is 11.8 Å². The van der Waals surface area contributed by atoms with Crippen LogP contribution in [0.4, 0.5) is 0 Å². The third-order valence-corrected chi connectivity index (χ3v) is 5.52. The number of carbonyl (C=O) groups is 2. The van der Waals surface area contributed by atoms with E-state index >= 15 is 0 Å². The zero-order valence-corrected chi connectivity index (χ0v) is 15.0. The van der Waals surface area contributed by atoms with Crippen molar-refractivity contribution in [1.29, 1.82) is 0 Å². The number of Topliss-reactive ketones (excluding diaryl/α,β-unsaturated/α-hetero) is 1. The Bertz CT molecular complexity index is 585. The van der Waals surface area contributed by atoms with Crippen molar-refractivity contribution in [3.8, 4) is 5.75 Å². The molecule has 2 saturated heterocycles.